The van der Waals surface area contributed by atoms with Crippen molar-refractivity contribution in [2.45, 2.75) is 0 Å². The van der Waals surface area contributed by atoms with Gasteiger partial charge in [-0.3, -0.25) is 0 Å². The van der Waals surface area contributed by atoms with Gasteiger partial charge in [-0.05, 0) is 32.3 Å². The van der Waals surface area contributed by atoms with Crippen molar-refractivity contribution >= 4 is 43.5 Å². The van der Waals surface area contributed by atoms with Crippen LogP contribution in [0.1, 0.15) is 0 Å². The Labute approximate surface area is 148 Å². The Morgan fingerprint density at radius 3 is 1.19 bits per heavy atom. The fourth-order valence-electron chi connectivity index (χ4n) is 3.53. The van der Waals surface area contributed by atoms with Gasteiger partial charge in [0.15, 0.2) is 0 Å². The maximum Gasteiger partial charge on any atom is 0.137 e. The second-order valence-corrected chi connectivity index (χ2v) is 5.85. The van der Waals surface area contributed by atoms with E-state index >= 15 is 0 Å². The van der Waals surface area contributed by atoms with Crippen molar-refractivity contribution in [3.8, 4) is 24.3 Å². The smallest absolute Gasteiger partial charge is 0.137 e. The second kappa shape index (κ2) is 5.61. The maximum absolute atomic E-state index is 9.27. The fourth-order valence-corrected chi connectivity index (χ4v) is 3.53. The first-order valence-corrected chi connectivity index (χ1v) is 7.79. The molecule has 0 aliphatic carbocycles. The van der Waals surface area contributed by atoms with E-state index in [1.165, 1.54) is 0 Å². The van der Waals surface area contributed by atoms with E-state index in [2.05, 4.69) is 0 Å². The van der Waals surface area contributed by atoms with Crippen LogP contribution in [-0.4, -0.2) is 0 Å². The Morgan fingerprint density at radius 2 is 0.846 bits per heavy atom. The lowest BCUT2D eigenvalue weighted by Crippen LogP contribution is -2.09. The zero-order valence-electron chi connectivity index (χ0n) is 13.4. The molecule has 0 atom stereocenters. The molecule has 0 aromatic heterocycles. The Balaban J connectivity index is 2.42. The first kappa shape index (κ1) is 15.2. The highest BCUT2D eigenvalue weighted by Crippen LogP contribution is 2.31. The Kier molecular flexibility index (Phi) is 3.27. The van der Waals surface area contributed by atoms with Crippen molar-refractivity contribution in [3.05, 3.63) is 59.0 Å². The summed E-state index contributed by atoms with van der Waals surface area (Å²) in [5.74, 6) is 0. The van der Waals surface area contributed by atoms with Crippen molar-refractivity contribution in [1.29, 1.82) is 21.0 Å². The Hall–Kier alpha value is -4.38. The average Bonchev–Trinajstić information content (AvgIpc) is 2.69. The molecule has 4 aromatic rings. The van der Waals surface area contributed by atoms with E-state index in [1.54, 1.807) is 12.1 Å². The molecule has 0 N–H and O–H groups in total. The topological polar surface area (TPSA) is 95.2 Å². The zero-order valence-corrected chi connectivity index (χ0v) is 13.4. The second-order valence-electron chi connectivity index (χ2n) is 5.85. The molecule has 0 saturated heterocycles. The highest BCUT2D eigenvalue weighted by Gasteiger charge is 2.12. The summed E-state index contributed by atoms with van der Waals surface area (Å²) in [5, 5.41) is 43.7. The molecule has 4 heteroatoms. The maximum atomic E-state index is 9.27. The third-order valence-corrected chi connectivity index (χ3v) is 4.65. The summed E-state index contributed by atoms with van der Waals surface area (Å²) in [7, 11) is 0. The minimum absolute atomic E-state index is 0.0597. The van der Waals surface area contributed by atoms with Gasteiger partial charge in [-0.2, -0.15) is 21.0 Å². The summed E-state index contributed by atoms with van der Waals surface area (Å²) < 4.78 is 0. The molecular weight excluding hydrogens is 320 g/mol. The highest BCUT2D eigenvalue weighted by molar-refractivity contribution is 6.23. The van der Waals surface area contributed by atoms with Gasteiger partial charge in [0.05, 0.1) is 0 Å². The lowest BCUT2D eigenvalue weighted by molar-refractivity contribution is 1.50. The summed E-state index contributed by atoms with van der Waals surface area (Å²) in [4.78, 5) is 0. The predicted octanol–water partition coefficient (Wildman–Crippen LogP) is 2.98. The number of rotatable bonds is 0. The standard InChI is InChI=1S/C22H8N4/c23-9-15(10-24)17-5-1-13-3-7-20-18(16(11-25)12-26)6-2-14-4-8-19(17)21(13)22(14)20/h1-8H. The Bertz CT molecular complexity index is 1360. The van der Waals surface area contributed by atoms with Crippen molar-refractivity contribution in [2.24, 2.45) is 0 Å². The minimum atomic E-state index is 0.0597. The number of nitriles is 4. The van der Waals surface area contributed by atoms with Gasteiger partial charge < -0.3 is 0 Å². The highest BCUT2D eigenvalue weighted by atomic mass is 14.3. The summed E-state index contributed by atoms with van der Waals surface area (Å²) in [6.45, 7) is 0. The molecular formula is C22H8N4. The van der Waals surface area contributed by atoms with E-state index in [4.69, 9.17) is 0 Å². The zero-order chi connectivity index (χ0) is 18.3. The molecule has 4 rings (SSSR count). The van der Waals surface area contributed by atoms with Gasteiger partial charge >= 0.3 is 0 Å². The van der Waals surface area contributed by atoms with Crippen molar-refractivity contribution < 1.29 is 0 Å². The van der Waals surface area contributed by atoms with Crippen LogP contribution in [0.5, 0.6) is 0 Å². The van der Waals surface area contributed by atoms with Crippen LogP contribution in [0, 0.1) is 45.3 Å². The van der Waals surface area contributed by atoms with E-state index < -0.39 is 0 Å². The molecule has 0 saturated carbocycles. The number of nitrogens with zero attached hydrogens (tertiary/aromatic N) is 4. The predicted molar refractivity (Wildman–Crippen MR) is 98.7 cm³/mol. The first-order chi connectivity index (χ1) is 12.7. The van der Waals surface area contributed by atoms with Gasteiger partial charge in [-0.15, -0.1) is 0 Å². The van der Waals surface area contributed by atoms with Crippen molar-refractivity contribution in [2.75, 3.05) is 0 Å². The summed E-state index contributed by atoms with van der Waals surface area (Å²) in [6, 6.07) is 22.8. The SMILES string of the molecule is N#CC(C#N)=c1ccc2ccc3c(=C(C#N)C#N)ccc4ccc1c2c43. The molecule has 0 bridgehead atoms. The molecule has 26 heavy (non-hydrogen) atoms. The van der Waals surface area contributed by atoms with Gasteiger partial charge in [0.1, 0.15) is 35.4 Å². The van der Waals surface area contributed by atoms with Crippen LogP contribution in [0.25, 0.3) is 43.5 Å². The van der Waals surface area contributed by atoms with Crippen LogP contribution in [0.2, 0.25) is 0 Å². The van der Waals surface area contributed by atoms with Gasteiger partial charge in [0.2, 0.25) is 0 Å². The third-order valence-electron chi connectivity index (χ3n) is 4.65. The van der Waals surface area contributed by atoms with E-state index in [1.807, 2.05) is 60.7 Å². The van der Waals surface area contributed by atoms with Crippen molar-refractivity contribution in [3.63, 3.8) is 0 Å². The Morgan fingerprint density at radius 1 is 0.500 bits per heavy atom. The van der Waals surface area contributed by atoms with Crippen molar-refractivity contribution in [1.82, 2.24) is 0 Å². The van der Waals surface area contributed by atoms with Crippen LogP contribution < -0.4 is 10.4 Å². The van der Waals surface area contributed by atoms with Crippen LogP contribution in [0.4, 0.5) is 0 Å². The monoisotopic (exact) mass is 328 g/mol. The van der Waals surface area contributed by atoms with Crippen LogP contribution in [0.3, 0.4) is 0 Å². The summed E-state index contributed by atoms with van der Waals surface area (Å²) in [6.07, 6.45) is 0. The van der Waals surface area contributed by atoms with Gasteiger partial charge in [-0.25, -0.2) is 0 Å². The minimum Gasteiger partial charge on any atom is -0.192 e. The van der Waals surface area contributed by atoms with E-state index in [0.29, 0.717) is 10.4 Å². The van der Waals surface area contributed by atoms with Gasteiger partial charge in [0, 0.05) is 10.4 Å². The van der Waals surface area contributed by atoms with E-state index in [9.17, 15) is 21.0 Å². The largest absolute Gasteiger partial charge is 0.192 e. The molecule has 116 valence electrons. The molecule has 0 unspecified atom stereocenters. The van der Waals surface area contributed by atoms with E-state index in [-0.39, 0.29) is 11.1 Å². The average molecular weight is 328 g/mol. The van der Waals surface area contributed by atoms with Crippen LogP contribution in [-0.2, 0) is 0 Å². The number of benzene rings is 4. The molecule has 0 aliphatic heterocycles. The lowest BCUT2D eigenvalue weighted by Gasteiger charge is -2.11. The molecule has 0 amide bonds. The molecule has 0 radical (unpaired) electrons. The molecule has 0 spiro atoms. The number of hydrogen-bond donors (Lipinski definition) is 0. The van der Waals surface area contributed by atoms with Crippen LogP contribution in [0.15, 0.2) is 48.5 Å². The third kappa shape index (κ3) is 1.91. The molecule has 4 nitrogen and oxygen atoms in total. The lowest BCUT2D eigenvalue weighted by atomic mass is 9.91. The van der Waals surface area contributed by atoms with Gasteiger partial charge in [-0.1, -0.05) is 48.5 Å². The fraction of sp³-hybridized carbons (Fsp3) is 0. The summed E-state index contributed by atoms with van der Waals surface area (Å²) >= 11 is 0. The quantitative estimate of drug-likeness (QED) is 0.464. The van der Waals surface area contributed by atoms with Crippen LogP contribution >= 0.6 is 0 Å². The molecule has 0 heterocycles. The van der Waals surface area contributed by atoms with Gasteiger partial charge in [0.25, 0.3) is 0 Å². The molecule has 0 fully saturated rings. The number of hydrogen-bond acceptors (Lipinski definition) is 4. The summed E-state index contributed by atoms with van der Waals surface area (Å²) in [5.41, 5.74) is 0.119. The normalized spacial score (nSPS) is 10.2. The molecule has 0 aliphatic rings. The first-order valence-electron chi connectivity index (χ1n) is 7.79. The van der Waals surface area contributed by atoms with E-state index in [0.717, 1.165) is 32.3 Å². The molecule has 4 aromatic carbocycles.